The third-order valence-electron chi connectivity index (χ3n) is 4.60. The van der Waals surface area contributed by atoms with E-state index in [9.17, 15) is 9.59 Å². The zero-order valence-corrected chi connectivity index (χ0v) is 15.5. The highest BCUT2D eigenvalue weighted by Crippen LogP contribution is 2.26. The van der Waals surface area contributed by atoms with Crippen LogP contribution in [0.15, 0.2) is 18.2 Å². The van der Waals surface area contributed by atoms with Gasteiger partial charge < -0.3 is 15.5 Å². The molecule has 2 rings (SSSR count). The molecule has 1 aromatic carbocycles. The lowest BCUT2D eigenvalue weighted by molar-refractivity contribution is -0.135. The summed E-state index contributed by atoms with van der Waals surface area (Å²) in [4.78, 5) is 28.4. The molecule has 2 unspecified atom stereocenters. The number of rotatable bonds is 4. The lowest BCUT2D eigenvalue weighted by Crippen LogP contribution is -2.55. The summed E-state index contributed by atoms with van der Waals surface area (Å²) in [6.07, 6.45) is 0.860. The van der Waals surface area contributed by atoms with Gasteiger partial charge in [-0.15, -0.1) is 0 Å². The molecule has 1 heterocycles. The predicted molar refractivity (Wildman–Crippen MR) is 96.4 cm³/mol. The molecule has 2 atom stereocenters. The summed E-state index contributed by atoms with van der Waals surface area (Å²) in [6, 6.07) is 4.52. The van der Waals surface area contributed by atoms with Crippen LogP contribution in [-0.2, 0) is 4.79 Å². The molecule has 7 heteroatoms. The number of benzene rings is 1. The van der Waals surface area contributed by atoms with Crippen molar-refractivity contribution >= 4 is 35.0 Å². The second-order valence-corrected chi connectivity index (χ2v) is 6.92. The minimum Gasteiger partial charge on any atom is -0.338 e. The minimum absolute atomic E-state index is 0.0442. The van der Waals surface area contributed by atoms with Crippen LogP contribution in [0.5, 0.6) is 0 Å². The fourth-order valence-corrected chi connectivity index (χ4v) is 3.06. The first kappa shape index (κ1) is 19.0. The van der Waals surface area contributed by atoms with Crippen LogP contribution in [0.2, 0.25) is 10.0 Å². The van der Waals surface area contributed by atoms with E-state index in [2.05, 4.69) is 0 Å². The number of halogens is 2. The summed E-state index contributed by atoms with van der Waals surface area (Å²) < 4.78 is 0. The van der Waals surface area contributed by atoms with E-state index in [1.807, 2.05) is 13.8 Å². The first-order valence-corrected chi connectivity index (χ1v) is 8.90. The Labute approximate surface area is 152 Å². The van der Waals surface area contributed by atoms with Crippen molar-refractivity contribution in [2.24, 2.45) is 11.7 Å². The van der Waals surface area contributed by atoms with Gasteiger partial charge in [-0.2, -0.15) is 0 Å². The van der Waals surface area contributed by atoms with Gasteiger partial charge in [0.05, 0.1) is 21.7 Å². The number of amides is 2. The SMILES string of the molecule is CCC(C)C(N)C(=O)N1CCN(C(=O)c2cccc(Cl)c2Cl)CC1. The molecule has 5 nitrogen and oxygen atoms in total. The third-order valence-corrected chi connectivity index (χ3v) is 5.42. The topological polar surface area (TPSA) is 66.6 Å². The summed E-state index contributed by atoms with van der Waals surface area (Å²) in [5.74, 6) is -0.0690. The Balaban J connectivity index is 1.98. The Kier molecular flexibility index (Phi) is 6.49. The highest BCUT2D eigenvalue weighted by atomic mass is 35.5. The van der Waals surface area contributed by atoms with Gasteiger partial charge in [0.1, 0.15) is 0 Å². The summed E-state index contributed by atoms with van der Waals surface area (Å²) >= 11 is 12.1. The normalized spacial score (nSPS) is 17.5. The van der Waals surface area contributed by atoms with Crippen molar-refractivity contribution in [3.05, 3.63) is 33.8 Å². The Morgan fingerprint density at radius 3 is 2.33 bits per heavy atom. The van der Waals surface area contributed by atoms with E-state index in [-0.39, 0.29) is 22.8 Å². The molecule has 0 saturated carbocycles. The van der Waals surface area contributed by atoms with E-state index in [0.717, 1.165) is 6.42 Å². The maximum absolute atomic E-state index is 12.6. The smallest absolute Gasteiger partial charge is 0.255 e. The zero-order valence-electron chi connectivity index (χ0n) is 14.0. The zero-order chi connectivity index (χ0) is 17.9. The Morgan fingerprint density at radius 1 is 1.17 bits per heavy atom. The molecule has 1 fully saturated rings. The van der Waals surface area contributed by atoms with Gasteiger partial charge in [-0.3, -0.25) is 9.59 Å². The van der Waals surface area contributed by atoms with Crippen LogP contribution in [0.3, 0.4) is 0 Å². The number of hydrogen-bond acceptors (Lipinski definition) is 3. The summed E-state index contributed by atoms with van der Waals surface area (Å²) in [7, 11) is 0. The molecule has 0 aliphatic carbocycles. The molecule has 1 aromatic rings. The van der Waals surface area contributed by atoms with Crippen LogP contribution in [0.1, 0.15) is 30.6 Å². The average molecular weight is 372 g/mol. The van der Waals surface area contributed by atoms with Gasteiger partial charge in [-0.05, 0) is 18.1 Å². The molecule has 0 radical (unpaired) electrons. The van der Waals surface area contributed by atoms with E-state index in [4.69, 9.17) is 28.9 Å². The quantitative estimate of drug-likeness (QED) is 0.884. The molecule has 132 valence electrons. The summed E-state index contributed by atoms with van der Waals surface area (Å²) in [6.45, 7) is 5.87. The fourth-order valence-electron chi connectivity index (χ4n) is 2.68. The van der Waals surface area contributed by atoms with Crippen LogP contribution >= 0.6 is 23.2 Å². The molecular formula is C17H23Cl2N3O2. The number of carbonyl (C=O) groups is 2. The van der Waals surface area contributed by atoms with Gasteiger partial charge in [0.15, 0.2) is 0 Å². The van der Waals surface area contributed by atoms with Crippen LogP contribution in [0, 0.1) is 5.92 Å². The van der Waals surface area contributed by atoms with Crippen LogP contribution in [0.25, 0.3) is 0 Å². The van der Waals surface area contributed by atoms with Crippen molar-refractivity contribution in [3.8, 4) is 0 Å². The van der Waals surface area contributed by atoms with Gasteiger partial charge >= 0.3 is 0 Å². The van der Waals surface area contributed by atoms with E-state index in [1.54, 1.807) is 28.0 Å². The highest BCUT2D eigenvalue weighted by molar-refractivity contribution is 6.43. The van der Waals surface area contributed by atoms with Gasteiger partial charge in [0, 0.05) is 26.2 Å². The van der Waals surface area contributed by atoms with E-state index in [0.29, 0.717) is 36.8 Å². The maximum Gasteiger partial charge on any atom is 0.255 e. The standard InChI is InChI=1S/C17H23Cl2N3O2/c1-3-11(2)15(20)17(24)22-9-7-21(8-10-22)16(23)12-5-4-6-13(18)14(12)19/h4-6,11,15H,3,7-10,20H2,1-2H3. The largest absolute Gasteiger partial charge is 0.338 e. The fraction of sp³-hybridized carbons (Fsp3) is 0.529. The van der Waals surface area contributed by atoms with Crippen LogP contribution in [-0.4, -0.2) is 53.8 Å². The third kappa shape index (κ3) is 4.02. The lowest BCUT2D eigenvalue weighted by atomic mass is 9.98. The first-order chi connectivity index (χ1) is 11.4. The summed E-state index contributed by atoms with van der Waals surface area (Å²) in [5.41, 5.74) is 6.41. The Bertz CT molecular complexity index is 616. The van der Waals surface area contributed by atoms with Crippen LogP contribution in [0.4, 0.5) is 0 Å². The van der Waals surface area contributed by atoms with Crippen molar-refractivity contribution in [1.29, 1.82) is 0 Å². The van der Waals surface area contributed by atoms with Gasteiger partial charge in [-0.1, -0.05) is 49.5 Å². The van der Waals surface area contributed by atoms with Crippen molar-refractivity contribution in [2.45, 2.75) is 26.3 Å². The van der Waals surface area contributed by atoms with E-state index in [1.165, 1.54) is 0 Å². The number of piperazine rings is 1. The van der Waals surface area contributed by atoms with E-state index >= 15 is 0 Å². The molecule has 2 N–H and O–H groups in total. The van der Waals surface area contributed by atoms with Crippen molar-refractivity contribution < 1.29 is 9.59 Å². The number of nitrogens with zero attached hydrogens (tertiary/aromatic N) is 2. The molecule has 0 aromatic heterocycles. The van der Waals surface area contributed by atoms with Crippen molar-refractivity contribution in [1.82, 2.24) is 9.80 Å². The highest BCUT2D eigenvalue weighted by Gasteiger charge is 2.30. The molecule has 0 spiro atoms. The minimum atomic E-state index is -0.486. The molecule has 1 aliphatic rings. The Morgan fingerprint density at radius 2 is 1.75 bits per heavy atom. The van der Waals surface area contributed by atoms with E-state index < -0.39 is 6.04 Å². The number of carbonyl (C=O) groups excluding carboxylic acids is 2. The first-order valence-electron chi connectivity index (χ1n) is 8.14. The average Bonchev–Trinajstić information content (AvgIpc) is 2.61. The van der Waals surface area contributed by atoms with Crippen LogP contribution < -0.4 is 5.73 Å². The molecule has 1 aliphatic heterocycles. The van der Waals surface area contributed by atoms with Crippen molar-refractivity contribution in [3.63, 3.8) is 0 Å². The number of hydrogen-bond donors (Lipinski definition) is 1. The predicted octanol–water partition coefficient (Wildman–Crippen LogP) is 2.65. The molecule has 24 heavy (non-hydrogen) atoms. The molecule has 1 saturated heterocycles. The second kappa shape index (κ2) is 8.19. The lowest BCUT2D eigenvalue weighted by Gasteiger charge is -2.36. The van der Waals surface area contributed by atoms with Crippen molar-refractivity contribution in [2.75, 3.05) is 26.2 Å². The molecule has 0 bridgehead atoms. The maximum atomic E-state index is 12.6. The van der Waals surface area contributed by atoms with Gasteiger partial charge in [0.2, 0.25) is 5.91 Å². The molecular weight excluding hydrogens is 349 g/mol. The Hall–Kier alpha value is -1.30. The van der Waals surface area contributed by atoms with Gasteiger partial charge in [-0.25, -0.2) is 0 Å². The second-order valence-electron chi connectivity index (χ2n) is 6.13. The van der Waals surface area contributed by atoms with Gasteiger partial charge in [0.25, 0.3) is 5.91 Å². The summed E-state index contributed by atoms with van der Waals surface area (Å²) in [5, 5.41) is 0.623. The number of nitrogens with two attached hydrogens (primary N) is 1. The monoisotopic (exact) mass is 371 g/mol. The molecule has 2 amide bonds.